The lowest BCUT2D eigenvalue weighted by Gasteiger charge is -2.11. The van der Waals surface area contributed by atoms with Crippen molar-refractivity contribution in [2.24, 2.45) is 0 Å². The Morgan fingerprint density at radius 3 is 2.32 bits per heavy atom. The van der Waals surface area contributed by atoms with Crippen LogP contribution in [0.25, 0.3) is 11.3 Å². The summed E-state index contributed by atoms with van der Waals surface area (Å²) >= 11 is 0. The zero-order valence-corrected chi connectivity index (χ0v) is 15.8. The molecule has 140 valence electrons. The van der Waals surface area contributed by atoms with Crippen molar-refractivity contribution in [2.75, 3.05) is 10.6 Å². The molecule has 0 saturated carbocycles. The molecule has 0 aliphatic carbocycles. The van der Waals surface area contributed by atoms with Gasteiger partial charge in [0.1, 0.15) is 11.6 Å². The third-order valence-electron chi connectivity index (χ3n) is 4.30. The minimum absolute atomic E-state index is 0.447. The van der Waals surface area contributed by atoms with E-state index in [4.69, 9.17) is 4.52 Å². The number of hydrogen-bond acceptors (Lipinski definition) is 6. The topological polar surface area (TPSA) is 75.9 Å². The fourth-order valence-electron chi connectivity index (χ4n) is 2.84. The molecule has 2 N–H and O–H groups in total. The number of hydrogen-bond donors (Lipinski definition) is 2. The number of aryl methyl sites for hydroxylation is 2. The summed E-state index contributed by atoms with van der Waals surface area (Å²) in [5, 5.41) is 10.4. The Kier molecular flexibility index (Phi) is 5.01. The molecule has 0 amide bonds. The fourth-order valence-corrected chi connectivity index (χ4v) is 2.84. The molecule has 2 aromatic carbocycles. The van der Waals surface area contributed by atoms with E-state index >= 15 is 0 Å². The predicted octanol–water partition coefficient (Wildman–Crippen LogP) is 5.49. The molecule has 0 unspecified atom stereocenters. The SMILES string of the molecule is CCc1ccc(Nc2cc(-c3ccccc3)nc(Nc3cc(C)on3)n2)cc1. The first-order chi connectivity index (χ1) is 13.7. The predicted molar refractivity (Wildman–Crippen MR) is 111 cm³/mol. The maximum atomic E-state index is 5.12. The minimum Gasteiger partial charge on any atom is -0.360 e. The second-order valence-corrected chi connectivity index (χ2v) is 6.45. The third-order valence-corrected chi connectivity index (χ3v) is 4.30. The van der Waals surface area contributed by atoms with Gasteiger partial charge in [-0.05, 0) is 31.0 Å². The number of anilines is 4. The van der Waals surface area contributed by atoms with Gasteiger partial charge < -0.3 is 15.2 Å². The van der Waals surface area contributed by atoms with E-state index in [2.05, 4.69) is 56.9 Å². The molecule has 0 atom stereocenters. The van der Waals surface area contributed by atoms with Crippen LogP contribution in [0.2, 0.25) is 0 Å². The van der Waals surface area contributed by atoms with Crippen LogP contribution in [0.1, 0.15) is 18.2 Å². The molecule has 2 heterocycles. The molecule has 6 nitrogen and oxygen atoms in total. The van der Waals surface area contributed by atoms with E-state index in [1.807, 2.05) is 43.3 Å². The molecule has 0 radical (unpaired) electrons. The normalized spacial score (nSPS) is 10.6. The summed E-state index contributed by atoms with van der Waals surface area (Å²) in [6.45, 7) is 3.98. The van der Waals surface area contributed by atoms with Gasteiger partial charge in [0.15, 0.2) is 5.82 Å². The number of nitrogens with zero attached hydrogens (tertiary/aromatic N) is 3. The first kappa shape index (κ1) is 17.7. The van der Waals surface area contributed by atoms with Crippen molar-refractivity contribution in [3.05, 3.63) is 78.1 Å². The van der Waals surface area contributed by atoms with E-state index < -0.39 is 0 Å². The summed E-state index contributed by atoms with van der Waals surface area (Å²) in [6.07, 6.45) is 1.01. The summed E-state index contributed by atoms with van der Waals surface area (Å²) in [6, 6.07) is 22.1. The maximum absolute atomic E-state index is 5.12. The molecule has 0 spiro atoms. The van der Waals surface area contributed by atoms with Crippen LogP contribution < -0.4 is 10.6 Å². The van der Waals surface area contributed by atoms with Crippen molar-refractivity contribution in [1.29, 1.82) is 0 Å². The molecule has 4 rings (SSSR count). The molecule has 0 aliphatic rings. The van der Waals surface area contributed by atoms with Crippen LogP contribution in [0, 0.1) is 6.92 Å². The lowest BCUT2D eigenvalue weighted by atomic mass is 10.1. The van der Waals surface area contributed by atoms with Gasteiger partial charge in [-0.15, -0.1) is 0 Å². The van der Waals surface area contributed by atoms with Crippen molar-refractivity contribution in [3.63, 3.8) is 0 Å². The molecule has 4 aromatic rings. The number of rotatable bonds is 6. The van der Waals surface area contributed by atoms with Crippen molar-refractivity contribution in [2.45, 2.75) is 20.3 Å². The zero-order chi connectivity index (χ0) is 19.3. The van der Waals surface area contributed by atoms with Crippen molar-refractivity contribution < 1.29 is 4.52 Å². The van der Waals surface area contributed by atoms with E-state index in [1.165, 1.54) is 5.56 Å². The van der Waals surface area contributed by atoms with Gasteiger partial charge in [-0.2, -0.15) is 4.98 Å². The van der Waals surface area contributed by atoms with Crippen LogP contribution in [0.4, 0.5) is 23.3 Å². The van der Waals surface area contributed by atoms with E-state index in [9.17, 15) is 0 Å². The Hall–Kier alpha value is -3.67. The molecule has 0 saturated heterocycles. The van der Waals surface area contributed by atoms with Gasteiger partial charge in [-0.25, -0.2) is 4.98 Å². The molecule has 6 heteroatoms. The average Bonchev–Trinajstić information content (AvgIpc) is 3.13. The summed E-state index contributed by atoms with van der Waals surface area (Å²) < 4.78 is 5.12. The molecule has 28 heavy (non-hydrogen) atoms. The molecule has 0 aliphatic heterocycles. The maximum Gasteiger partial charge on any atom is 0.231 e. The Labute approximate surface area is 163 Å². The lowest BCUT2D eigenvalue weighted by molar-refractivity contribution is 0.400. The van der Waals surface area contributed by atoms with Crippen LogP contribution in [0.15, 0.2) is 71.3 Å². The summed E-state index contributed by atoms with van der Waals surface area (Å²) in [4.78, 5) is 9.22. The number of aromatic nitrogens is 3. The monoisotopic (exact) mass is 371 g/mol. The summed E-state index contributed by atoms with van der Waals surface area (Å²) in [5.41, 5.74) is 4.08. The highest BCUT2D eigenvalue weighted by Gasteiger charge is 2.09. The Balaban J connectivity index is 1.68. The summed E-state index contributed by atoms with van der Waals surface area (Å²) in [5.74, 6) is 2.43. The molecule has 0 bridgehead atoms. The van der Waals surface area contributed by atoms with Gasteiger partial charge >= 0.3 is 0 Å². The average molecular weight is 371 g/mol. The van der Waals surface area contributed by atoms with Crippen molar-refractivity contribution >= 4 is 23.3 Å². The molecule has 2 aromatic heterocycles. The van der Waals surface area contributed by atoms with E-state index in [-0.39, 0.29) is 0 Å². The highest BCUT2D eigenvalue weighted by molar-refractivity contribution is 5.68. The van der Waals surface area contributed by atoms with Gasteiger partial charge in [0.05, 0.1) is 5.69 Å². The lowest BCUT2D eigenvalue weighted by Crippen LogP contribution is -2.02. The van der Waals surface area contributed by atoms with E-state index in [0.29, 0.717) is 17.6 Å². The molecule has 0 fully saturated rings. The second-order valence-electron chi connectivity index (χ2n) is 6.45. The summed E-state index contributed by atoms with van der Waals surface area (Å²) in [7, 11) is 0. The number of benzene rings is 2. The minimum atomic E-state index is 0.447. The van der Waals surface area contributed by atoms with E-state index in [1.54, 1.807) is 6.07 Å². The van der Waals surface area contributed by atoms with E-state index in [0.717, 1.165) is 29.1 Å². The fraction of sp³-hybridized carbons (Fsp3) is 0.136. The second kappa shape index (κ2) is 7.92. The van der Waals surface area contributed by atoms with Crippen LogP contribution in [-0.4, -0.2) is 15.1 Å². The van der Waals surface area contributed by atoms with Crippen LogP contribution >= 0.6 is 0 Å². The smallest absolute Gasteiger partial charge is 0.231 e. The van der Waals surface area contributed by atoms with Gasteiger partial charge in [0, 0.05) is 23.4 Å². The Bertz CT molecular complexity index is 1060. The molecular formula is C22H21N5O. The van der Waals surface area contributed by atoms with Crippen LogP contribution in [0.5, 0.6) is 0 Å². The van der Waals surface area contributed by atoms with Gasteiger partial charge in [-0.1, -0.05) is 54.5 Å². The first-order valence-electron chi connectivity index (χ1n) is 9.20. The quantitative estimate of drug-likeness (QED) is 0.467. The van der Waals surface area contributed by atoms with Gasteiger partial charge in [0.2, 0.25) is 5.95 Å². The van der Waals surface area contributed by atoms with Crippen molar-refractivity contribution in [3.8, 4) is 11.3 Å². The molecular weight excluding hydrogens is 350 g/mol. The zero-order valence-electron chi connectivity index (χ0n) is 15.8. The van der Waals surface area contributed by atoms with Crippen LogP contribution in [-0.2, 0) is 6.42 Å². The largest absolute Gasteiger partial charge is 0.360 e. The van der Waals surface area contributed by atoms with Crippen LogP contribution in [0.3, 0.4) is 0 Å². The number of nitrogens with one attached hydrogen (secondary N) is 2. The van der Waals surface area contributed by atoms with Gasteiger partial charge in [0.25, 0.3) is 0 Å². The highest BCUT2D eigenvalue weighted by Crippen LogP contribution is 2.25. The van der Waals surface area contributed by atoms with Crippen molar-refractivity contribution in [1.82, 2.24) is 15.1 Å². The van der Waals surface area contributed by atoms with Gasteiger partial charge in [-0.3, -0.25) is 0 Å². The highest BCUT2D eigenvalue weighted by atomic mass is 16.5. The Morgan fingerprint density at radius 1 is 0.857 bits per heavy atom. The standard InChI is InChI=1S/C22H21N5O/c1-3-16-9-11-18(12-10-16)23-20-14-19(17-7-5-4-6-8-17)24-22(25-20)26-21-13-15(2)28-27-21/h4-14H,3H2,1-2H3,(H2,23,24,25,26,27). The third kappa shape index (κ3) is 4.17. The first-order valence-corrected chi connectivity index (χ1v) is 9.20. The Morgan fingerprint density at radius 2 is 1.64 bits per heavy atom.